The molecular formula is C13H19N7. The standard InChI is InChI=1S/C13H19N7/c1-14-13-18-11-10(15-7-16-11)12(19-13)17-9-6-20-4-2-8(9)3-5-20/h7-9H,2-6H2,1H3,(H3,14,15,16,17,18,19). The maximum absolute atomic E-state index is 4.55. The molecule has 1 unspecified atom stereocenters. The second kappa shape index (κ2) is 4.59. The highest BCUT2D eigenvalue weighted by atomic mass is 15.2. The van der Waals surface area contributed by atoms with Crippen molar-refractivity contribution in [2.45, 2.75) is 18.9 Å². The van der Waals surface area contributed by atoms with Gasteiger partial charge >= 0.3 is 0 Å². The minimum absolute atomic E-state index is 0.476. The largest absolute Gasteiger partial charge is 0.364 e. The second-order valence-corrected chi connectivity index (χ2v) is 5.64. The Bertz CT molecular complexity index is 614. The van der Waals surface area contributed by atoms with Gasteiger partial charge in [0.25, 0.3) is 0 Å². The van der Waals surface area contributed by atoms with E-state index in [-0.39, 0.29) is 0 Å². The molecule has 0 spiro atoms. The fraction of sp³-hybridized carbons (Fsp3) is 0.615. The molecule has 0 saturated carbocycles. The number of nitrogens with zero attached hydrogens (tertiary/aromatic N) is 4. The third-order valence-corrected chi connectivity index (χ3v) is 4.49. The van der Waals surface area contributed by atoms with Crippen LogP contribution in [-0.4, -0.2) is 57.6 Å². The van der Waals surface area contributed by atoms with Crippen molar-refractivity contribution < 1.29 is 0 Å². The van der Waals surface area contributed by atoms with Crippen molar-refractivity contribution in [3.63, 3.8) is 0 Å². The van der Waals surface area contributed by atoms with E-state index in [0.29, 0.717) is 17.6 Å². The van der Waals surface area contributed by atoms with Gasteiger partial charge in [-0.15, -0.1) is 0 Å². The summed E-state index contributed by atoms with van der Waals surface area (Å²) in [6, 6.07) is 0.476. The van der Waals surface area contributed by atoms with Crippen molar-refractivity contribution >= 4 is 22.9 Å². The topological polar surface area (TPSA) is 81.8 Å². The first-order valence-electron chi connectivity index (χ1n) is 7.21. The Morgan fingerprint density at radius 1 is 1.30 bits per heavy atom. The van der Waals surface area contributed by atoms with Crippen LogP contribution < -0.4 is 10.6 Å². The van der Waals surface area contributed by atoms with E-state index in [2.05, 4.69) is 35.5 Å². The van der Waals surface area contributed by atoms with Crippen molar-refractivity contribution in [2.24, 2.45) is 5.92 Å². The van der Waals surface area contributed by atoms with Crippen LogP contribution in [0.1, 0.15) is 12.8 Å². The molecule has 106 valence electrons. The van der Waals surface area contributed by atoms with Crippen LogP contribution in [0.5, 0.6) is 0 Å². The molecule has 20 heavy (non-hydrogen) atoms. The molecule has 0 aliphatic carbocycles. The fourth-order valence-corrected chi connectivity index (χ4v) is 3.35. The highest BCUT2D eigenvalue weighted by molar-refractivity contribution is 5.83. The van der Waals surface area contributed by atoms with Crippen LogP contribution in [-0.2, 0) is 0 Å². The van der Waals surface area contributed by atoms with Crippen LogP contribution in [0.2, 0.25) is 0 Å². The first kappa shape index (κ1) is 11.9. The molecule has 7 nitrogen and oxygen atoms in total. The Hall–Kier alpha value is -1.89. The number of rotatable bonds is 3. The molecule has 0 aromatic carbocycles. The predicted octanol–water partition coefficient (Wildman–Crippen LogP) is 0.901. The number of anilines is 2. The third-order valence-electron chi connectivity index (χ3n) is 4.49. The van der Waals surface area contributed by atoms with Crippen LogP contribution >= 0.6 is 0 Å². The molecule has 2 aromatic rings. The van der Waals surface area contributed by atoms with E-state index in [0.717, 1.165) is 23.8 Å². The summed E-state index contributed by atoms with van der Waals surface area (Å²) in [6.07, 6.45) is 4.24. The van der Waals surface area contributed by atoms with E-state index >= 15 is 0 Å². The average Bonchev–Trinajstić information content (AvgIpc) is 2.97. The SMILES string of the molecule is CNc1nc(NC2CN3CCC2CC3)c2[nH]cnc2n1. The zero-order valence-corrected chi connectivity index (χ0v) is 11.6. The van der Waals surface area contributed by atoms with Gasteiger partial charge in [-0.25, -0.2) is 4.98 Å². The van der Waals surface area contributed by atoms with Crippen LogP contribution in [0.3, 0.4) is 0 Å². The maximum Gasteiger partial charge on any atom is 0.226 e. The Balaban J connectivity index is 1.66. The highest BCUT2D eigenvalue weighted by Gasteiger charge is 2.34. The average molecular weight is 273 g/mol. The Morgan fingerprint density at radius 2 is 2.15 bits per heavy atom. The lowest BCUT2D eigenvalue weighted by Gasteiger charge is -2.45. The van der Waals surface area contributed by atoms with Gasteiger partial charge in [0.1, 0.15) is 5.52 Å². The summed E-state index contributed by atoms with van der Waals surface area (Å²) in [6.45, 7) is 3.60. The minimum atomic E-state index is 0.476. The van der Waals surface area contributed by atoms with Crippen LogP contribution in [0, 0.1) is 5.92 Å². The molecule has 0 amide bonds. The Labute approximate surface area is 117 Å². The maximum atomic E-state index is 4.55. The zero-order valence-electron chi connectivity index (χ0n) is 11.6. The van der Waals surface area contributed by atoms with Crippen LogP contribution in [0.15, 0.2) is 6.33 Å². The molecule has 5 heterocycles. The lowest BCUT2D eigenvalue weighted by Crippen LogP contribution is -2.53. The van der Waals surface area contributed by atoms with Gasteiger partial charge < -0.3 is 20.5 Å². The van der Waals surface area contributed by atoms with E-state index in [4.69, 9.17) is 0 Å². The van der Waals surface area contributed by atoms with Gasteiger partial charge in [0, 0.05) is 19.6 Å². The van der Waals surface area contributed by atoms with Gasteiger partial charge in [0.2, 0.25) is 5.95 Å². The number of aromatic amines is 1. The van der Waals surface area contributed by atoms with Crippen molar-refractivity contribution in [3.05, 3.63) is 6.33 Å². The number of fused-ring (bicyclic) bond motifs is 4. The molecular weight excluding hydrogens is 254 g/mol. The summed E-state index contributed by atoms with van der Waals surface area (Å²) in [7, 11) is 1.83. The van der Waals surface area contributed by atoms with E-state index in [1.54, 1.807) is 6.33 Å². The van der Waals surface area contributed by atoms with E-state index in [1.807, 2.05) is 7.05 Å². The van der Waals surface area contributed by atoms with Crippen LogP contribution in [0.4, 0.5) is 11.8 Å². The van der Waals surface area contributed by atoms with Gasteiger partial charge in [-0.2, -0.15) is 9.97 Å². The summed E-state index contributed by atoms with van der Waals surface area (Å²) < 4.78 is 0. The van der Waals surface area contributed by atoms with Crippen molar-refractivity contribution in [3.8, 4) is 0 Å². The third kappa shape index (κ3) is 1.89. The molecule has 0 radical (unpaired) electrons. The fourth-order valence-electron chi connectivity index (χ4n) is 3.35. The van der Waals surface area contributed by atoms with Gasteiger partial charge in [0.05, 0.1) is 6.33 Å². The lowest BCUT2D eigenvalue weighted by atomic mass is 9.84. The molecule has 7 heteroatoms. The van der Waals surface area contributed by atoms with Gasteiger partial charge in [-0.1, -0.05) is 0 Å². The predicted molar refractivity (Wildman–Crippen MR) is 77.8 cm³/mol. The van der Waals surface area contributed by atoms with Crippen LogP contribution in [0.25, 0.3) is 11.2 Å². The smallest absolute Gasteiger partial charge is 0.226 e. The van der Waals surface area contributed by atoms with E-state index in [1.165, 1.54) is 25.9 Å². The summed E-state index contributed by atoms with van der Waals surface area (Å²) in [4.78, 5) is 18.8. The van der Waals surface area contributed by atoms with Gasteiger partial charge in [0.15, 0.2) is 11.5 Å². The first-order valence-corrected chi connectivity index (χ1v) is 7.21. The molecule has 3 saturated heterocycles. The number of piperidine rings is 3. The van der Waals surface area contributed by atoms with Gasteiger partial charge in [-0.3, -0.25) is 0 Å². The van der Waals surface area contributed by atoms with Crippen molar-refractivity contribution in [1.29, 1.82) is 0 Å². The van der Waals surface area contributed by atoms with Crippen molar-refractivity contribution in [1.82, 2.24) is 24.8 Å². The molecule has 3 aliphatic rings. The molecule has 3 N–H and O–H groups in total. The monoisotopic (exact) mass is 273 g/mol. The number of aromatic nitrogens is 4. The first-order chi connectivity index (χ1) is 9.83. The zero-order chi connectivity index (χ0) is 13.5. The number of H-pyrrole nitrogens is 1. The normalized spacial score (nSPS) is 28.8. The molecule has 3 aliphatic heterocycles. The Morgan fingerprint density at radius 3 is 2.85 bits per heavy atom. The van der Waals surface area contributed by atoms with E-state index < -0.39 is 0 Å². The number of nitrogens with one attached hydrogen (secondary N) is 3. The summed E-state index contributed by atoms with van der Waals surface area (Å²) in [5.41, 5.74) is 1.59. The molecule has 1 atom stereocenters. The molecule has 2 aromatic heterocycles. The summed E-state index contributed by atoms with van der Waals surface area (Å²) in [5.74, 6) is 2.22. The van der Waals surface area contributed by atoms with Gasteiger partial charge in [-0.05, 0) is 31.8 Å². The molecule has 2 bridgehead atoms. The quantitative estimate of drug-likeness (QED) is 0.771. The highest BCUT2D eigenvalue weighted by Crippen LogP contribution is 2.30. The Kier molecular flexibility index (Phi) is 2.73. The molecule has 5 rings (SSSR count). The number of hydrogen-bond donors (Lipinski definition) is 3. The van der Waals surface area contributed by atoms with E-state index in [9.17, 15) is 0 Å². The lowest BCUT2D eigenvalue weighted by molar-refractivity contribution is 0.0974. The second-order valence-electron chi connectivity index (χ2n) is 5.64. The summed E-state index contributed by atoms with van der Waals surface area (Å²) in [5, 5.41) is 6.61. The summed E-state index contributed by atoms with van der Waals surface area (Å²) >= 11 is 0. The number of imidazole rings is 1. The minimum Gasteiger partial charge on any atom is -0.364 e. The number of hydrogen-bond acceptors (Lipinski definition) is 6. The molecule has 3 fully saturated rings. The van der Waals surface area contributed by atoms with Crippen molar-refractivity contribution in [2.75, 3.05) is 37.3 Å².